The molecule has 1 unspecified atom stereocenters. The number of anilines is 1. The zero-order valence-electron chi connectivity index (χ0n) is 9.58. The Labute approximate surface area is 101 Å². The Morgan fingerprint density at radius 2 is 1.47 bits per heavy atom. The average Bonchev–Trinajstić information content (AvgIpc) is 2.39. The lowest BCUT2D eigenvalue weighted by Crippen LogP contribution is -2.57. The lowest BCUT2D eigenvalue weighted by Gasteiger charge is -2.50. The summed E-state index contributed by atoms with van der Waals surface area (Å²) in [5, 5.41) is 10.7. The highest BCUT2D eigenvalue weighted by molar-refractivity contribution is 5.53. The van der Waals surface area contributed by atoms with Gasteiger partial charge in [0.1, 0.15) is 0 Å². The second-order valence-electron chi connectivity index (χ2n) is 4.42. The Morgan fingerprint density at radius 3 is 2.00 bits per heavy atom. The number of aliphatic hydroxyl groups is 1. The number of rotatable bonds is 2. The molecule has 1 N–H and O–H groups in total. The van der Waals surface area contributed by atoms with Crippen LogP contribution in [0.3, 0.4) is 0 Å². The Bertz CT molecular complexity index is 497. The molecule has 3 rings (SSSR count). The predicted molar refractivity (Wildman–Crippen MR) is 68.7 cm³/mol. The molecule has 2 aromatic rings. The summed E-state index contributed by atoms with van der Waals surface area (Å²) in [5.74, 6) is 0. The zero-order chi connectivity index (χ0) is 11.7. The Morgan fingerprint density at radius 1 is 0.882 bits per heavy atom. The third kappa shape index (κ3) is 1.61. The number of nitrogens with zero attached hydrogens (tertiary/aromatic N) is 1. The monoisotopic (exact) mass is 225 g/mol. The molecule has 0 bridgehead atoms. The predicted octanol–water partition coefficient (Wildman–Crippen LogP) is 2.74. The third-order valence-electron chi connectivity index (χ3n) is 3.43. The summed E-state index contributed by atoms with van der Waals surface area (Å²) < 4.78 is 0. The molecule has 1 atom stereocenters. The van der Waals surface area contributed by atoms with Gasteiger partial charge in [0.15, 0.2) is 5.72 Å². The first-order valence-electron chi connectivity index (χ1n) is 5.91. The first-order valence-corrected chi connectivity index (χ1v) is 5.91. The van der Waals surface area contributed by atoms with E-state index in [4.69, 9.17) is 0 Å². The van der Waals surface area contributed by atoms with E-state index in [1.165, 1.54) is 0 Å². The van der Waals surface area contributed by atoms with Crippen molar-refractivity contribution in [2.24, 2.45) is 0 Å². The molecule has 1 saturated heterocycles. The highest BCUT2D eigenvalue weighted by atomic mass is 16.3. The molecule has 0 aliphatic carbocycles. The minimum absolute atomic E-state index is 0.784. The lowest BCUT2D eigenvalue weighted by molar-refractivity contribution is -0.0213. The second-order valence-corrected chi connectivity index (χ2v) is 4.42. The van der Waals surface area contributed by atoms with Gasteiger partial charge >= 0.3 is 0 Å². The van der Waals surface area contributed by atoms with Gasteiger partial charge in [0.2, 0.25) is 0 Å². The summed E-state index contributed by atoms with van der Waals surface area (Å²) in [6.45, 7) is 0.898. The van der Waals surface area contributed by atoms with Gasteiger partial charge in [-0.15, -0.1) is 0 Å². The van der Waals surface area contributed by atoms with Crippen molar-refractivity contribution in [3.8, 4) is 0 Å². The van der Waals surface area contributed by atoms with Crippen molar-refractivity contribution in [2.45, 2.75) is 12.1 Å². The Balaban J connectivity index is 1.95. The van der Waals surface area contributed by atoms with Crippen molar-refractivity contribution in [2.75, 3.05) is 11.4 Å². The highest BCUT2D eigenvalue weighted by Gasteiger charge is 2.44. The maximum absolute atomic E-state index is 10.7. The second kappa shape index (κ2) is 3.90. The smallest absolute Gasteiger partial charge is 0.166 e. The molecule has 2 aromatic carbocycles. The molecule has 1 aliphatic rings. The van der Waals surface area contributed by atoms with Gasteiger partial charge in [0, 0.05) is 24.2 Å². The maximum atomic E-state index is 10.7. The van der Waals surface area contributed by atoms with Crippen LogP contribution in [0.1, 0.15) is 12.0 Å². The van der Waals surface area contributed by atoms with Gasteiger partial charge in [-0.05, 0) is 12.1 Å². The molecule has 2 heteroatoms. The summed E-state index contributed by atoms with van der Waals surface area (Å²) in [5.41, 5.74) is 1.21. The molecule has 17 heavy (non-hydrogen) atoms. The summed E-state index contributed by atoms with van der Waals surface area (Å²) in [7, 11) is 0. The van der Waals surface area contributed by atoms with Crippen LogP contribution in [0.2, 0.25) is 0 Å². The van der Waals surface area contributed by atoms with Crippen LogP contribution in [0.15, 0.2) is 60.7 Å². The van der Waals surface area contributed by atoms with Gasteiger partial charge in [0.25, 0.3) is 0 Å². The van der Waals surface area contributed by atoms with Gasteiger partial charge in [-0.1, -0.05) is 48.5 Å². The zero-order valence-corrected chi connectivity index (χ0v) is 9.58. The van der Waals surface area contributed by atoms with Gasteiger partial charge < -0.3 is 10.0 Å². The quantitative estimate of drug-likeness (QED) is 0.849. The molecule has 1 fully saturated rings. The van der Waals surface area contributed by atoms with Crippen LogP contribution in [-0.2, 0) is 5.72 Å². The van der Waals surface area contributed by atoms with Gasteiger partial charge in [-0.25, -0.2) is 0 Å². The molecule has 0 amide bonds. The van der Waals surface area contributed by atoms with E-state index in [2.05, 4.69) is 0 Å². The van der Waals surface area contributed by atoms with E-state index in [9.17, 15) is 5.11 Å². The first kappa shape index (κ1) is 10.4. The van der Waals surface area contributed by atoms with Crippen LogP contribution in [0.25, 0.3) is 0 Å². The molecule has 0 spiro atoms. The SMILES string of the molecule is OC1(c2ccccc2)CCN1c1ccccc1. The van der Waals surface area contributed by atoms with E-state index in [1.54, 1.807) is 0 Å². The number of hydrogen-bond acceptors (Lipinski definition) is 2. The number of hydrogen-bond donors (Lipinski definition) is 1. The molecule has 0 radical (unpaired) electrons. The van der Waals surface area contributed by atoms with E-state index in [1.807, 2.05) is 65.6 Å². The average molecular weight is 225 g/mol. The van der Waals surface area contributed by atoms with Gasteiger partial charge in [-0.3, -0.25) is 0 Å². The van der Waals surface area contributed by atoms with E-state index in [0.29, 0.717) is 0 Å². The molecule has 86 valence electrons. The number of para-hydroxylation sites is 1. The van der Waals surface area contributed by atoms with Crippen LogP contribution in [-0.4, -0.2) is 11.7 Å². The first-order chi connectivity index (χ1) is 8.31. The summed E-state index contributed by atoms with van der Waals surface area (Å²) in [4.78, 5) is 2.04. The lowest BCUT2D eigenvalue weighted by atomic mass is 9.89. The molecule has 0 aromatic heterocycles. The molecule has 1 heterocycles. The summed E-state index contributed by atoms with van der Waals surface area (Å²) in [6.07, 6.45) is 0.784. The van der Waals surface area contributed by atoms with Crippen molar-refractivity contribution < 1.29 is 5.11 Å². The topological polar surface area (TPSA) is 23.5 Å². The van der Waals surface area contributed by atoms with E-state index in [0.717, 1.165) is 24.2 Å². The summed E-state index contributed by atoms with van der Waals surface area (Å²) >= 11 is 0. The third-order valence-corrected chi connectivity index (χ3v) is 3.43. The van der Waals surface area contributed by atoms with Crippen molar-refractivity contribution >= 4 is 5.69 Å². The van der Waals surface area contributed by atoms with Crippen LogP contribution in [0, 0.1) is 0 Å². The standard InChI is InChI=1S/C15H15NO/c17-15(13-7-3-1-4-8-13)11-12-16(15)14-9-5-2-6-10-14/h1-10,17H,11-12H2. The van der Waals surface area contributed by atoms with Crippen LogP contribution in [0.5, 0.6) is 0 Å². The van der Waals surface area contributed by atoms with Crippen LogP contribution >= 0.6 is 0 Å². The van der Waals surface area contributed by atoms with Crippen molar-refractivity contribution in [1.29, 1.82) is 0 Å². The molecule has 2 nitrogen and oxygen atoms in total. The van der Waals surface area contributed by atoms with E-state index in [-0.39, 0.29) is 0 Å². The Hall–Kier alpha value is -1.80. The fourth-order valence-electron chi connectivity index (χ4n) is 2.39. The molecular weight excluding hydrogens is 210 g/mol. The maximum Gasteiger partial charge on any atom is 0.166 e. The van der Waals surface area contributed by atoms with Crippen LogP contribution < -0.4 is 4.90 Å². The van der Waals surface area contributed by atoms with E-state index < -0.39 is 5.72 Å². The highest BCUT2D eigenvalue weighted by Crippen LogP contribution is 2.41. The molecule has 1 aliphatic heterocycles. The summed E-state index contributed by atoms with van der Waals surface area (Å²) in [6, 6.07) is 19.9. The fraction of sp³-hybridized carbons (Fsp3) is 0.200. The van der Waals surface area contributed by atoms with Crippen molar-refractivity contribution in [3.63, 3.8) is 0 Å². The van der Waals surface area contributed by atoms with Gasteiger partial charge in [-0.2, -0.15) is 0 Å². The Kier molecular flexibility index (Phi) is 2.37. The van der Waals surface area contributed by atoms with E-state index >= 15 is 0 Å². The number of benzene rings is 2. The minimum atomic E-state index is -0.831. The molecule has 0 saturated carbocycles. The largest absolute Gasteiger partial charge is 0.367 e. The molecular formula is C15H15NO. The van der Waals surface area contributed by atoms with Crippen molar-refractivity contribution in [3.05, 3.63) is 66.2 Å². The normalized spacial score (nSPS) is 23.2. The van der Waals surface area contributed by atoms with Gasteiger partial charge in [0.05, 0.1) is 0 Å². The van der Waals surface area contributed by atoms with Crippen molar-refractivity contribution in [1.82, 2.24) is 0 Å². The minimum Gasteiger partial charge on any atom is -0.367 e. The fourth-order valence-corrected chi connectivity index (χ4v) is 2.39. The van der Waals surface area contributed by atoms with Crippen LogP contribution in [0.4, 0.5) is 5.69 Å².